The average Bonchev–Trinajstić information content (AvgIpc) is 3.22. The smallest absolute Gasteiger partial charge is 0.420 e. The second kappa shape index (κ2) is 8.21. The van der Waals surface area contributed by atoms with Crippen LogP contribution in [0.15, 0.2) is 54.9 Å². The Bertz CT molecular complexity index is 1370. The fourth-order valence-corrected chi connectivity index (χ4v) is 5.66. The highest BCUT2D eigenvalue weighted by molar-refractivity contribution is 8.09. The Morgan fingerprint density at radius 2 is 1.94 bits per heavy atom. The SMILES string of the molecule is COc1cc(C2=CC3NC(=O)N(c4cncc5ccccc45)C(=O)C3S2)c(Cl)cc1C(F)(F)F. The summed E-state index contributed by atoms with van der Waals surface area (Å²) >= 11 is 7.32. The van der Waals surface area contributed by atoms with Crippen molar-refractivity contribution >= 4 is 56.7 Å². The van der Waals surface area contributed by atoms with Crippen LogP contribution < -0.4 is 15.0 Å². The predicted octanol–water partition coefficient (Wildman–Crippen LogP) is 5.50. The fraction of sp³-hybridized carbons (Fsp3) is 0.174. The number of methoxy groups -OCH3 is 1. The van der Waals surface area contributed by atoms with E-state index in [1.807, 2.05) is 12.1 Å². The fourth-order valence-electron chi connectivity index (χ4n) is 4.05. The maximum atomic E-state index is 13.4. The van der Waals surface area contributed by atoms with Crippen LogP contribution in [-0.2, 0) is 11.0 Å². The number of nitrogens with one attached hydrogen (secondary N) is 1. The molecule has 2 aliphatic rings. The van der Waals surface area contributed by atoms with Gasteiger partial charge in [-0.25, -0.2) is 9.69 Å². The first-order chi connectivity index (χ1) is 16.2. The molecule has 174 valence electrons. The van der Waals surface area contributed by atoms with Crippen molar-refractivity contribution in [2.45, 2.75) is 17.5 Å². The van der Waals surface area contributed by atoms with E-state index in [4.69, 9.17) is 16.3 Å². The standard InChI is InChI=1S/C23H15ClF3N3O3S/c1-33-18-6-13(15(24)7-14(18)23(25,26)27)19-8-16-20(34-19)21(31)30(22(32)29-16)17-10-28-9-11-4-2-3-5-12(11)17/h2-10,16,20H,1H3,(H,29,32). The molecule has 2 unspecified atom stereocenters. The summed E-state index contributed by atoms with van der Waals surface area (Å²) in [6, 6.07) is 7.97. The lowest BCUT2D eigenvalue weighted by atomic mass is 10.0. The molecule has 11 heteroatoms. The van der Waals surface area contributed by atoms with Crippen molar-refractivity contribution < 1.29 is 27.5 Å². The van der Waals surface area contributed by atoms with Crippen molar-refractivity contribution in [3.8, 4) is 5.75 Å². The molecule has 2 atom stereocenters. The van der Waals surface area contributed by atoms with Gasteiger partial charge in [0.1, 0.15) is 11.0 Å². The van der Waals surface area contributed by atoms with Crippen LogP contribution in [0.4, 0.5) is 23.7 Å². The molecule has 3 heterocycles. The van der Waals surface area contributed by atoms with E-state index in [0.29, 0.717) is 16.0 Å². The zero-order valence-electron chi connectivity index (χ0n) is 17.4. The third-order valence-corrected chi connectivity index (χ3v) is 7.29. The number of fused-ring (bicyclic) bond motifs is 2. The number of carbonyl (C=O) groups excluding carboxylic acids is 2. The summed E-state index contributed by atoms with van der Waals surface area (Å²) in [5.74, 6) is -0.847. The first-order valence-electron chi connectivity index (χ1n) is 10.00. The van der Waals surface area contributed by atoms with Crippen molar-refractivity contribution in [1.82, 2.24) is 10.3 Å². The van der Waals surface area contributed by atoms with E-state index >= 15 is 0 Å². The second-order valence-electron chi connectivity index (χ2n) is 7.63. The molecule has 34 heavy (non-hydrogen) atoms. The molecule has 0 bridgehead atoms. The Hall–Kier alpha value is -3.24. The zero-order valence-corrected chi connectivity index (χ0v) is 19.0. The van der Waals surface area contributed by atoms with E-state index in [1.165, 1.54) is 12.3 Å². The number of rotatable bonds is 3. The first kappa shape index (κ1) is 22.5. The Balaban J connectivity index is 1.49. The van der Waals surface area contributed by atoms with Crippen LogP contribution in [-0.4, -0.2) is 35.3 Å². The maximum Gasteiger partial charge on any atom is 0.420 e. The van der Waals surface area contributed by atoms with Crippen molar-refractivity contribution in [1.29, 1.82) is 0 Å². The van der Waals surface area contributed by atoms with Gasteiger partial charge in [-0.15, -0.1) is 11.8 Å². The highest BCUT2D eigenvalue weighted by Gasteiger charge is 2.46. The van der Waals surface area contributed by atoms with E-state index in [0.717, 1.165) is 35.2 Å². The van der Waals surface area contributed by atoms with Crippen molar-refractivity contribution in [2.75, 3.05) is 12.0 Å². The topological polar surface area (TPSA) is 71.5 Å². The summed E-state index contributed by atoms with van der Waals surface area (Å²) in [4.78, 5) is 32.0. The first-order valence-corrected chi connectivity index (χ1v) is 11.3. The normalized spacial score (nSPS) is 20.3. The molecule has 1 aromatic heterocycles. The monoisotopic (exact) mass is 505 g/mol. The molecule has 5 rings (SSSR count). The molecule has 3 amide bonds. The minimum absolute atomic E-state index is 0.139. The number of pyridine rings is 1. The highest BCUT2D eigenvalue weighted by Crippen LogP contribution is 2.48. The molecule has 0 radical (unpaired) electrons. The van der Waals surface area contributed by atoms with Gasteiger partial charge in [0.2, 0.25) is 0 Å². The maximum absolute atomic E-state index is 13.4. The lowest BCUT2D eigenvalue weighted by molar-refractivity contribution is -0.138. The van der Waals surface area contributed by atoms with Gasteiger partial charge in [0, 0.05) is 32.5 Å². The van der Waals surface area contributed by atoms with Gasteiger partial charge in [-0.3, -0.25) is 9.78 Å². The van der Waals surface area contributed by atoms with Crippen LogP contribution in [0, 0.1) is 0 Å². The van der Waals surface area contributed by atoms with Crippen LogP contribution in [0.3, 0.4) is 0 Å². The second-order valence-corrected chi connectivity index (χ2v) is 9.22. The zero-order chi connectivity index (χ0) is 24.2. The molecular formula is C23H15ClF3N3O3S. The van der Waals surface area contributed by atoms with E-state index < -0.39 is 35.0 Å². The summed E-state index contributed by atoms with van der Waals surface area (Å²) in [6.45, 7) is 0. The quantitative estimate of drug-likeness (QED) is 0.509. The number of benzene rings is 2. The minimum atomic E-state index is -4.64. The molecule has 1 fully saturated rings. The number of hydrogen-bond acceptors (Lipinski definition) is 5. The lowest BCUT2D eigenvalue weighted by Gasteiger charge is -2.33. The van der Waals surface area contributed by atoms with Crippen LogP contribution in [0.5, 0.6) is 5.75 Å². The largest absolute Gasteiger partial charge is 0.496 e. The van der Waals surface area contributed by atoms with Gasteiger partial charge in [-0.2, -0.15) is 13.2 Å². The number of aromatic nitrogens is 1. The van der Waals surface area contributed by atoms with Crippen LogP contribution in [0.1, 0.15) is 11.1 Å². The molecule has 2 aromatic carbocycles. The van der Waals surface area contributed by atoms with E-state index in [1.54, 1.807) is 24.4 Å². The number of amides is 3. The Morgan fingerprint density at radius 3 is 2.68 bits per heavy atom. The number of thioether (sulfide) groups is 1. The summed E-state index contributed by atoms with van der Waals surface area (Å²) < 4.78 is 44.9. The van der Waals surface area contributed by atoms with Crippen molar-refractivity contribution in [3.63, 3.8) is 0 Å². The van der Waals surface area contributed by atoms with Gasteiger partial charge < -0.3 is 10.1 Å². The number of carbonyl (C=O) groups is 2. The van der Waals surface area contributed by atoms with Crippen molar-refractivity contribution in [3.05, 3.63) is 71.0 Å². The number of nitrogens with zero attached hydrogens (tertiary/aromatic N) is 2. The van der Waals surface area contributed by atoms with Crippen LogP contribution in [0.2, 0.25) is 5.02 Å². The molecular weight excluding hydrogens is 491 g/mol. The minimum Gasteiger partial charge on any atom is -0.496 e. The Morgan fingerprint density at radius 1 is 1.18 bits per heavy atom. The summed E-state index contributed by atoms with van der Waals surface area (Å²) in [5, 5.41) is 3.38. The molecule has 0 saturated carbocycles. The molecule has 1 saturated heterocycles. The summed E-state index contributed by atoms with van der Waals surface area (Å²) in [5.41, 5.74) is -0.363. The van der Waals surface area contributed by atoms with E-state index in [-0.39, 0.29) is 16.3 Å². The van der Waals surface area contributed by atoms with E-state index in [2.05, 4.69) is 10.3 Å². The number of hydrogen-bond donors (Lipinski definition) is 1. The van der Waals surface area contributed by atoms with Gasteiger partial charge in [0.15, 0.2) is 0 Å². The summed E-state index contributed by atoms with van der Waals surface area (Å²) in [6.07, 6.45) is 0.0665. The third kappa shape index (κ3) is 3.67. The van der Waals surface area contributed by atoms with Gasteiger partial charge in [0.25, 0.3) is 5.91 Å². The van der Waals surface area contributed by atoms with Gasteiger partial charge >= 0.3 is 12.2 Å². The number of halogens is 4. The molecule has 1 N–H and O–H groups in total. The number of ether oxygens (including phenoxy) is 1. The highest BCUT2D eigenvalue weighted by atomic mass is 35.5. The van der Waals surface area contributed by atoms with Crippen LogP contribution >= 0.6 is 23.4 Å². The number of imide groups is 1. The van der Waals surface area contributed by atoms with Gasteiger partial charge in [0.05, 0.1) is 30.6 Å². The predicted molar refractivity (Wildman–Crippen MR) is 124 cm³/mol. The number of alkyl halides is 3. The lowest BCUT2D eigenvalue weighted by Crippen LogP contribution is -2.60. The average molecular weight is 506 g/mol. The molecule has 6 nitrogen and oxygen atoms in total. The van der Waals surface area contributed by atoms with Crippen LogP contribution in [0.25, 0.3) is 15.7 Å². The van der Waals surface area contributed by atoms with E-state index in [9.17, 15) is 22.8 Å². The molecule has 3 aromatic rings. The van der Waals surface area contributed by atoms with Gasteiger partial charge in [-0.1, -0.05) is 35.9 Å². The molecule has 2 aliphatic heterocycles. The molecule has 0 aliphatic carbocycles. The number of urea groups is 1. The molecule has 0 spiro atoms. The third-order valence-electron chi connectivity index (χ3n) is 5.62. The number of anilines is 1. The Labute approximate surface area is 200 Å². The Kier molecular flexibility index (Phi) is 5.44. The van der Waals surface area contributed by atoms with Crippen molar-refractivity contribution in [2.24, 2.45) is 0 Å². The summed E-state index contributed by atoms with van der Waals surface area (Å²) in [7, 11) is 1.14. The van der Waals surface area contributed by atoms with Gasteiger partial charge in [-0.05, 0) is 18.2 Å².